The van der Waals surface area contributed by atoms with Crippen LogP contribution >= 0.6 is 0 Å². The van der Waals surface area contributed by atoms with Gasteiger partial charge in [0.1, 0.15) is 0 Å². The van der Waals surface area contributed by atoms with E-state index in [1.165, 1.54) is 0 Å². The van der Waals surface area contributed by atoms with E-state index in [0.717, 1.165) is 38.5 Å². The molecule has 0 N–H and O–H groups in total. The van der Waals surface area contributed by atoms with E-state index in [4.69, 9.17) is 0 Å². The molecule has 0 saturated heterocycles. The number of hydrogen-bond acceptors (Lipinski definition) is 2. The third-order valence-electron chi connectivity index (χ3n) is 3.63. The van der Waals surface area contributed by atoms with Gasteiger partial charge >= 0.3 is 17.8 Å². The van der Waals surface area contributed by atoms with Crippen molar-refractivity contribution in [2.75, 3.05) is 6.61 Å². The SMILES string of the molecule is CCCCCCCCC(F)(C(=O)OCCCCC)C(F)(F)F. The largest absolute Gasteiger partial charge is 0.463 e. The van der Waals surface area contributed by atoms with E-state index >= 15 is 0 Å². The lowest BCUT2D eigenvalue weighted by molar-refractivity contribution is -0.241. The highest BCUT2D eigenvalue weighted by atomic mass is 19.4. The number of carbonyl (C=O) groups is 1. The van der Waals surface area contributed by atoms with Crippen LogP contribution in [0.15, 0.2) is 0 Å². The summed E-state index contributed by atoms with van der Waals surface area (Å²) in [7, 11) is 0. The maximum absolute atomic E-state index is 14.2. The lowest BCUT2D eigenvalue weighted by Gasteiger charge is -2.25. The van der Waals surface area contributed by atoms with Crippen molar-refractivity contribution in [2.45, 2.75) is 89.9 Å². The van der Waals surface area contributed by atoms with Gasteiger partial charge in [0.25, 0.3) is 0 Å². The van der Waals surface area contributed by atoms with E-state index in [-0.39, 0.29) is 13.0 Å². The summed E-state index contributed by atoms with van der Waals surface area (Å²) in [6.07, 6.45) is 0.191. The van der Waals surface area contributed by atoms with Gasteiger partial charge in [-0.2, -0.15) is 13.2 Å². The molecule has 0 amide bonds. The molecule has 0 spiro atoms. The minimum absolute atomic E-state index is 0.0315. The van der Waals surface area contributed by atoms with Crippen molar-refractivity contribution < 1.29 is 27.1 Å². The number of ether oxygens (including phenoxy) is 1. The fourth-order valence-corrected chi connectivity index (χ4v) is 2.14. The number of halogens is 4. The van der Waals surface area contributed by atoms with Crippen molar-refractivity contribution in [3.63, 3.8) is 0 Å². The predicted molar refractivity (Wildman–Crippen MR) is 78.4 cm³/mol. The molecule has 0 aromatic heterocycles. The molecule has 0 aromatic carbocycles. The van der Waals surface area contributed by atoms with Gasteiger partial charge in [-0.25, -0.2) is 9.18 Å². The van der Waals surface area contributed by atoms with Crippen LogP contribution < -0.4 is 0 Å². The van der Waals surface area contributed by atoms with E-state index in [1.807, 2.05) is 13.8 Å². The average molecular weight is 328 g/mol. The molecule has 132 valence electrons. The molecular weight excluding hydrogens is 300 g/mol. The second-order valence-corrected chi connectivity index (χ2v) is 5.66. The van der Waals surface area contributed by atoms with Gasteiger partial charge in [-0.15, -0.1) is 0 Å². The van der Waals surface area contributed by atoms with Crippen molar-refractivity contribution in [2.24, 2.45) is 0 Å². The Labute approximate surface area is 130 Å². The Balaban J connectivity index is 4.37. The maximum atomic E-state index is 14.2. The Hall–Kier alpha value is -0.810. The molecule has 0 aliphatic carbocycles. The summed E-state index contributed by atoms with van der Waals surface area (Å²) in [5, 5.41) is 0. The number of hydrogen-bond donors (Lipinski definition) is 0. The van der Waals surface area contributed by atoms with E-state index in [0.29, 0.717) is 12.8 Å². The molecule has 0 radical (unpaired) electrons. The van der Waals surface area contributed by atoms with Gasteiger partial charge in [0.05, 0.1) is 6.61 Å². The molecule has 1 unspecified atom stereocenters. The van der Waals surface area contributed by atoms with E-state index in [1.54, 1.807) is 0 Å². The summed E-state index contributed by atoms with van der Waals surface area (Å²) < 4.78 is 57.3. The number of alkyl halides is 4. The zero-order valence-electron chi connectivity index (χ0n) is 13.6. The molecule has 0 bridgehead atoms. The number of rotatable bonds is 12. The standard InChI is InChI=1S/C16H28F4O2/c1-3-5-7-8-9-10-12-15(17,16(18,19)20)14(21)22-13-11-6-4-2/h3-13H2,1-2H3. The van der Waals surface area contributed by atoms with Gasteiger partial charge < -0.3 is 4.74 Å². The van der Waals surface area contributed by atoms with Crippen molar-refractivity contribution >= 4 is 5.97 Å². The Morgan fingerprint density at radius 2 is 1.32 bits per heavy atom. The normalized spacial score (nSPS) is 14.6. The molecule has 6 heteroatoms. The van der Waals surface area contributed by atoms with Crippen LogP contribution in [0.5, 0.6) is 0 Å². The molecule has 1 atom stereocenters. The summed E-state index contributed by atoms with van der Waals surface area (Å²) in [4.78, 5) is 11.5. The van der Waals surface area contributed by atoms with Gasteiger partial charge in [-0.3, -0.25) is 0 Å². The van der Waals surface area contributed by atoms with Crippen molar-refractivity contribution in [3.05, 3.63) is 0 Å². The molecule has 0 saturated carbocycles. The molecule has 0 heterocycles. The summed E-state index contributed by atoms with van der Waals surface area (Å²) in [6.45, 7) is 3.78. The first-order valence-corrected chi connectivity index (χ1v) is 8.22. The highest BCUT2D eigenvalue weighted by Gasteiger charge is 2.62. The van der Waals surface area contributed by atoms with Crippen molar-refractivity contribution in [1.82, 2.24) is 0 Å². The third-order valence-corrected chi connectivity index (χ3v) is 3.63. The number of carbonyl (C=O) groups excluding carboxylic acids is 1. The molecule has 0 rings (SSSR count). The summed E-state index contributed by atoms with van der Waals surface area (Å²) in [6, 6.07) is 0. The topological polar surface area (TPSA) is 26.3 Å². The molecule has 0 aliphatic heterocycles. The van der Waals surface area contributed by atoms with Crippen LogP contribution in [0.4, 0.5) is 17.6 Å². The van der Waals surface area contributed by atoms with Crippen LogP contribution in [0.25, 0.3) is 0 Å². The lowest BCUT2D eigenvalue weighted by atomic mass is 9.96. The molecular formula is C16H28F4O2. The highest BCUT2D eigenvalue weighted by Crippen LogP contribution is 2.39. The van der Waals surface area contributed by atoms with Gasteiger partial charge in [-0.05, 0) is 12.8 Å². The minimum Gasteiger partial charge on any atom is -0.463 e. The summed E-state index contributed by atoms with van der Waals surface area (Å²) in [5.41, 5.74) is -3.87. The zero-order chi connectivity index (χ0) is 17.1. The molecule has 0 aromatic rings. The van der Waals surface area contributed by atoms with Crippen molar-refractivity contribution in [1.29, 1.82) is 0 Å². The quantitative estimate of drug-likeness (QED) is 0.259. The molecule has 0 aliphatic rings. The first kappa shape index (κ1) is 21.2. The first-order valence-electron chi connectivity index (χ1n) is 8.22. The third kappa shape index (κ3) is 7.45. The van der Waals surface area contributed by atoms with Crippen LogP contribution in [-0.4, -0.2) is 24.4 Å². The summed E-state index contributed by atoms with van der Waals surface area (Å²) >= 11 is 0. The maximum Gasteiger partial charge on any atom is 0.433 e. The molecule has 22 heavy (non-hydrogen) atoms. The fraction of sp³-hybridized carbons (Fsp3) is 0.938. The van der Waals surface area contributed by atoms with Crippen LogP contribution in [0.2, 0.25) is 0 Å². The van der Waals surface area contributed by atoms with Gasteiger partial charge in [0.2, 0.25) is 0 Å². The fourth-order valence-electron chi connectivity index (χ4n) is 2.14. The average Bonchev–Trinajstić information content (AvgIpc) is 2.45. The minimum atomic E-state index is -5.22. The predicted octanol–water partition coefficient (Wildman–Crippen LogP) is 5.74. The van der Waals surface area contributed by atoms with Gasteiger partial charge in [0.15, 0.2) is 0 Å². The van der Waals surface area contributed by atoms with Crippen LogP contribution in [0.1, 0.15) is 78.1 Å². The number of esters is 1. The Kier molecular flexibility index (Phi) is 10.4. The molecule has 0 fully saturated rings. The van der Waals surface area contributed by atoms with E-state index in [2.05, 4.69) is 4.74 Å². The molecule has 2 nitrogen and oxygen atoms in total. The Morgan fingerprint density at radius 3 is 1.86 bits per heavy atom. The van der Waals surface area contributed by atoms with Crippen LogP contribution in [0.3, 0.4) is 0 Å². The van der Waals surface area contributed by atoms with E-state index in [9.17, 15) is 22.4 Å². The van der Waals surface area contributed by atoms with Crippen LogP contribution in [0, 0.1) is 0 Å². The second kappa shape index (κ2) is 10.8. The zero-order valence-corrected chi connectivity index (χ0v) is 13.6. The highest BCUT2D eigenvalue weighted by molar-refractivity contribution is 5.80. The van der Waals surface area contributed by atoms with E-state index < -0.39 is 24.2 Å². The smallest absolute Gasteiger partial charge is 0.433 e. The van der Waals surface area contributed by atoms with Gasteiger partial charge in [0, 0.05) is 6.42 Å². The second-order valence-electron chi connectivity index (χ2n) is 5.66. The summed E-state index contributed by atoms with van der Waals surface area (Å²) in [5.74, 6) is -1.79. The Bertz CT molecular complexity index is 305. The lowest BCUT2D eigenvalue weighted by Crippen LogP contribution is -2.49. The van der Waals surface area contributed by atoms with Gasteiger partial charge in [-0.1, -0.05) is 58.8 Å². The number of unbranched alkanes of at least 4 members (excludes halogenated alkanes) is 7. The first-order chi connectivity index (χ1) is 10.3. The Morgan fingerprint density at radius 1 is 0.818 bits per heavy atom. The van der Waals surface area contributed by atoms with Crippen molar-refractivity contribution in [3.8, 4) is 0 Å². The monoisotopic (exact) mass is 328 g/mol. The van der Waals surface area contributed by atoms with Crippen LogP contribution in [-0.2, 0) is 9.53 Å².